The van der Waals surface area contributed by atoms with E-state index in [0.29, 0.717) is 0 Å². The lowest BCUT2D eigenvalue weighted by molar-refractivity contribution is -0.401. The fourth-order valence-electron chi connectivity index (χ4n) is 12.1. The van der Waals surface area contributed by atoms with Gasteiger partial charge >= 0.3 is 0 Å². The van der Waals surface area contributed by atoms with E-state index in [0.717, 1.165) is 13.8 Å². The Labute approximate surface area is 527 Å². The second kappa shape index (κ2) is 32.6. The molecule has 41 heteroatoms. The largest absolute Gasteiger partial charge is 0.394 e. The number of aliphatic hydroxyl groups is 22. The van der Waals surface area contributed by atoms with Gasteiger partial charge in [0, 0.05) is 13.8 Å². The molecule has 24 N–H and O–H groups in total. The number of amides is 2. The number of aliphatic hydroxyl groups excluding tert-OH is 22. The maximum Gasteiger partial charge on any atom is 0.217 e. The van der Waals surface area contributed by atoms with Crippen molar-refractivity contribution in [2.75, 3.05) is 39.6 Å². The number of carbonyl (C=O) groups is 2. The summed E-state index contributed by atoms with van der Waals surface area (Å²) in [6.45, 7) is -1.81. The first-order chi connectivity index (χ1) is 43.9. The third kappa shape index (κ3) is 16.4. The van der Waals surface area contributed by atoms with Crippen molar-refractivity contribution < 1.29 is 193 Å². The summed E-state index contributed by atoms with van der Waals surface area (Å²) in [7, 11) is 0. The number of hydrogen-bond donors (Lipinski definition) is 24. The maximum atomic E-state index is 13.5. The zero-order chi connectivity index (χ0) is 68.5. The second-order valence-corrected chi connectivity index (χ2v) is 23.9. The summed E-state index contributed by atoms with van der Waals surface area (Å²) >= 11 is 0. The molecule has 8 aliphatic rings. The number of hydrogen-bond acceptors (Lipinski definition) is 39. The molecule has 41 nitrogen and oxygen atoms in total. The molecule has 93 heavy (non-hydrogen) atoms. The molecule has 0 aromatic heterocycles. The molecular formula is C52H88N2O39. The van der Waals surface area contributed by atoms with E-state index in [1.807, 2.05) is 0 Å². The van der Waals surface area contributed by atoms with E-state index in [1.165, 1.54) is 13.8 Å². The molecule has 1 unspecified atom stereocenters. The first-order valence-electron chi connectivity index (χ1n) is 29.9. The Morgan fingerprint density at radius 3 is 1.19 bits per heavy atom. The third-order valence-corrected chi connectivity index (χ3v) is 17.4. The first kappa shape index (κ1) is 76.2. The lowest BCUT2D eigenvalue weighted by atomic mass is 9.93. The summed E-state index contributed by atoms with van der Waals surface area (Å²) in [5.74, 6) is -1.86. The fourth-order valence-corrected chi connectivity index (χ4v) is 12.1. The Morgan fingerprint density at radius 2 is 0.667 bits per heavy atom. The van der Waals surface area contributed by atoms with Crippen molar-refractivity contribution in [1.82, 2.24) is 10.6 Å². The van der Waals surface area contributed by atoms with Crippen LogP contribution in [0.4, 0.5) is 0 Å². The van der Waals surface area contributed by atoms with Gasteiger partial charge in [0.1, 0.15) is 183 Å². The topological polar surface area (TPSA) is 642 Å². The van der Waals surface area contributed by atoms with Gasteiger partial charge in [0.2, 0.25) is 11.8 Å². The fraction of sp³-hybridized carbons (Fsp3) is 0.962. The minimum Gasteiger partial charge on any atom is -0.394 e. The highest BCUT2D eigenvalue weighted by Crippen LogP contribution is 2.39. The number of nitrogens with one attached hydrogen (secondary N) is 2. The zero-order valence-electron chi connectivity index (χ0n) is 50.1. The third-order valence-electron chi connectivity index (χ3n) is 17.4. The summed E-state index contributed by atoms with van der Waals surface area (Å²) < 4.78 is 88.7. The van der Waals surface area contributed by atoms with Gasteiger partial charge in [0.05, 0.1) is 51.8 Å². The van der Waals surface area contributed by atoms with Gasteiger partial charge < -0.3 is 194 Å². The molecule has 540 valence electrons. The van der Waals surface area contributed by atoms with Crippen LogP contribution in [0.15, 0.2) is 0 Å². The molecule has 8 heterocycles. The molecule has 8 rings (SSSR count). The highest BCUT2D eigenvalue weighted by Gasteiger charge is 2.60. The van der Waals surface area contributed by atoms with E-state index in [9.17, 15) is 122 Å². The smallest absolute Gasteiger partial charge is 0.217 e. The molecule has 2 amide bonds. The van der Waals surface area contributed by atoms with Crippen LogP contribution in [0.3, 0.4) is 0 Å². The first-order valence-corrected chi connectivity index (χ1v) is 29.9. The molecular weight excluding hydrogens is 1280 g/mol. The molecule has 8 fully saturated rings. The maximum absolute atomic E-state index is 13.5. The normalized spacial score (nSPS) is 51.6. The second-order valence-electron chi connectivity index (χ2n) is 23.9. The Morgan fingerprint density at radius 1 is 0.301 bits per heavy atom. The van der Waals surface area contributed by atoms with Gasteiger partial charge in [-0.2, -0.15) is 0 Å². The summed E-state index contributed by atoms with van der Waals surface area (Å²) in [6.07, 6.45) is -75.0. The van der Waals surface area contributed by atoms with Crippen LogP contribution in [0.1, 0.15) is 27.7 Å². The Kier molecular flexibility index (Phi) is 26.7. The molecule has 0 aromatic carbocycles. The van der Waals surface area contributed by atoms with Crippen LogP contribution in [-0.2, 0) is 80.6 Å². The Bertz CT molecular complexity index is 2350. The molecule has 8 saturated heterocycles. The van der Waals surface area contributed by atoms with E-state index in [-0.39, 0.29) is 0 Å². The standard InChI is InChI=1S/C52H88N2O39/c1-11-23(62)29(68)35(74)48(80-11)90-41-19(9-59)86-47(22(54-14(4)61)42(41)91-52-44(32(71)26(65)16(6-56)84-52)93-49-36(75)30(69)24(63)12(2)81-49)92-43-27(66)20(87-51(38(43)77)89-40-17(7-57)82-45(78)34(73)33(40)72)10-79-46-21(53-13(3)60)28(67)39(18(8-58)85-46)88-50-37(76)31(70)25(64)15(5-55)83-50/h11-12,15-52,55-59,62-78H,5-10H2,1-4H3,(H,53,60)(H,54,61)/t11-,12-,15-,16-,17-,18-,19-,20-,21-,22-,23+,24+,25+,26+,27+,28-,29+,30+,31+,32+,33-,34-,35-,36-,37-,38-,39-,40-,41-,42-,43+,44-,45?,46-,47+,48-,49-,50+,51+,52+/m1/s1. The minimum atomic E-state index is -2.42. The van der Waals surface area contributed by atoms with Crippen LogP contribution in [0.2, 0.25) is 0 Å². The molecule has 0 aromatic rings. The minimum absolute atomic E-state index is 0.860. The molecule has 0 aliphatic carbocycles. The number of ether oxygens (including phenoxy) is 15. The van der Waals surface area contributed by atoms with E-state index in [2.05, 4.69) is 10.6 Å². The number of carbonyl (C=O) groups excluding carboxylic acids is 2. The van der Waals surface area contributed by atoms with Gasteiger partial charge in [0.25, 0.3) is 0 Å². The molecule has 0 bridgehead atoms. The average Bonchev–Trinajstić information content (AvgIpc) is 0.773. The van der Waals surface area contributed by atoms with E-state index < -0.39 is 297 Å². The van der Waals surface area contributed by atoms with E-state index >= 15 is 0 Å². The predicted molar refractivity (Wildman–Crippen MR) is 285 cm³/mol. The summed E-state index contributed by atoms with van der Waals surface area (Å²) in [5, 5.41) is 245. The molecule has 8 aliphatic heterocycles. The molecule has 40 atom stereocenters. The van der Waals surface area contributed by atoms with Gasteiger partial charge in [-0.05, 0) is 13.8 Å². The predicted octanol–water partition coefficient (Wildman–Crippen LogP) is -16.1. The summed E-state index contributed by atoms with van der Waals surface area (Å²) in [6, 6.07) is -3.80. The van der Waals surface area contributed by atoms with Crippen molar-refractivity contribution >= 4 is 11.8 Å². The van der Waals surface area contributed by atoms with Gasteiger partial charge in [-0.25, -0.2) is 0 Å². The zero-order valence-corrected chi connectivity index (χ0v) is 50.1. The Balaban J connectivity index is 1.16. The van der Waals surface area contributed by atoms with Gasteiger partial charge in [-0.1, -0.05) is 0 Å². The molecule has 0 radical (unpaired) electrons. The molecule has 0 spiro atoms. The number of rotatable bonds is 22. The van der Waals surface area contributed by atoms with Gasteiger partial charge in [-0.3, -0.25) is 9.59 Å². The summed E-state index contributed by atoms with van der Waals surface area (Å²) in [5.41, 5.74) is 0. The highest BCUT2D eigenvalue weighted by molar-refractivity contribution is 5.73. The quantitative estimate of drug-likeness (QED) is 0.0479. The average molecular weight is 1370 g/mol. The Hall–Kier alpha value is -2.54. The molecule has 0 saturated carbocycles. The van der Waals surface area contributed by atoms with Crippen molar-refractivity contribution in [3.63, 3.8) is 0 Å². The van der Waals surface area contributed by atoms with Crippen LogP contribution in [0.5, 0.6) is 0 Å². The lowest BCUT2D eigenvalue weighted by Crippen LogP contribution is -2.71. The monoisotopic (exact) mass is 1360 g/mol. The van der Waals surface area contributed by atoms with Crippen molar-refractivity contribution in [2.24, 2.45) is 0 Å². The SMILES string of the molecule is CC(=O)N[C@H]1[C@H](OC[C@H]2O[C@@H](O[C@H]3[C@H](O)[C@@H](O)C(O)O[C@@H]3CO)[C@H](O)[C@@H](O[C@@H]3O[C@H](CO)[C@@H](O[C@H]4O[C@H](C)[C@H](O)[C@H](O)[C@H]4O)[C@H](O[C@@H]4O[C@H](CO)[C@H](O)[C@H](O)[C@H]4O[C@H]4O[C@H](C)[C@H](O)[C@H](O)[C@H]4O)[C@H]3NC(C)=O)[C@H]2O)O[C@H](CO)[C@@H](O[C@@H]2O[C@H](CO)[C@H](O)[C@H](O)[C@H]2O)[C@@H]1O. The van der Waals surface area contributed by atoms with Crippen LogP contribution in [-0.4, -0.2) is 409 Å². The summed E-state index contributed by atoms with van der Waals surface area (Å²) in [4.78, 5) is 26.2. The van der Waals surface area contributed by atoms with Crippen LogP contribution < -0.4 is 10.6 Å². The highest BCUT2D eigenvalue weighted by atomic mass is 16.8. The van der Waals surface area contributed by atoms with Crippen molar-refractivity contribution in [2.45, 2.75) is 273 Å². The lowest BCUT2D eigenvalue weighted by Gasteiger charge is -2.52. The van der Waals surface area contributed by atoms with E-state index in [4.69, 9.17) is 71.1 Å². The van der Waals surface area contributed by atoms with Gasteiger partial charge in [-0.15, -0.1) is 0 Å². The van der Waals surface area contributed by atoms with Crippen LogP contribution in [0, 0.1) is 0 Å². The van der Waals surface area contributed by atoms with Gasteiger partial charge in [0.15, 0.2) is 50.3 Å². The van der Waals surface area contributed by atoms with E-state index in [1.54, 1.807) is 0 Å². The van der Waals surface area contributed by atoms with Crippen molar-refractivity contribution in [3.8, 4) is 0 Å². The van der Waals surface area contributed by atoms with Crippen molar-refractivity contribution in [3.05, 3.63) is 0 Å². The van der Waals surface area contributed by atoms with Crippen molar-refractivity contribution in [1.29, 1.82) is 0 Å². The van der Waals surface area contributed by atoms with Crippen LogP contribution >= 0.6 is 0 Å². The van der Waals surface area contributed by atoms with Crippen LogP contribution in [0.25, 0.3) is 0 Å².